The Morgan fingerprint density at radius 3 is 2.50 bits per heavy atom. The summed E-state index contributed by atoms with van der Waals surface area (Å²) in [6, 6.07) is 18.4. The van der Waals surface area contributed by atoms with Crippen LogP contribution in [-0.4, -0.2) is 23.8 Å². The Morgan fingerprint density at radius 1 is 0.917 bits per heavy atom. The summed E-state index contributed by atoms with van der Waals surface area (Å²) in [5.74, 6) is 0.253. The fraction of sp³-hybridized carbons (Fsp3) is 0.158. The van der Waals surface area contributed by atoms with Gasteiger partial charge in [0.1, 0.15) is 25.5 Å². The predicted octanol–water partition coefficient (Wildman–Crippen LogP) is 2.62. The van der Waals surface area contributed by atoms with Gasteiger partial charge in [0.2, 0.25) is 0 Å². The standard InChI is InChI=1S/C19H17NO4/c21-18(24-13-12-23-16-7-2-1-3-8-16)14-20-11-10-15-6-4-5-9-17(15)19(20)22/h1-11H,12-14H2. The van der Waals surface area contributed by atoms with Crippen molar-refractivity contribution in [2.24, 2.45) is 0 Å². The van der Waals surface area contributed by atoms with E-state index in [1.165, 1.54) is 4.57 Å². The minimum Gasteiger partial charge on any atom is -0.490 e. The lowest BCUT2D eigenvalue weighted by atomic mass is 10.2. The first-order valence-electron chi connectivity index (χ1n) is 7.66. The number of carbonyl (C=O) groups excluding carboxylic acids is 1. The average molecular weight is 323 g/mol. The predicted molar refractivity (Wildman–Crippen MR) is 91.1 cm³/mol. The van der Waals surface area contributed by atoms with Crippen molar-refractivity contribution in [1.29, 1.82) is 0 Å². The molecule has 122 valence electrons. The number of rotatable bonds is 6. The Kier molecular flexibility index (Phi) is 4.91. The summed E-state index contributed by atoms with van der Waals surface area (Å²) >= 11 is 0. The molecule has 1 heterocycles. The van der Waals surface area contributed by atoms with Gasteiger partial charge in [-0.25, -0.2) is 0 Å². The summed E-state index contributed by atoms with van der Waals surface area (Å²) in [6.07, 6.45) is 1.60. The maximum absolute atomic E-state index is 12.3. The first-order valence-corrected chi connectivity index (χ1v) is 7.66. The molecule has 0 aliphatic heterocycles. The summed E-state index contributed by atoms with van der Waals surface area (Å²) in [6.45, 7) is 0.285. The molecule has 0 unspecified atom stereocenters. The van der Waals surface area contributed by atoms with E-state index >= 15 is 0 Å². The van der Waals surface area contributed by atoms with Crippen LogP contribution in [-0.2, 0) is 16.1 Å². The lowest BCUT2D eigenvalue weighted by molar-refractivity contribution is -0.145. The van der Waals surface area contributed by atoms with Crippen molar-refractivity contribution in [2.45, 2.75) is 6.54 Å². The summed E-state index contributed by atoms with van der Waals surface area (Å²) in [7, 11) is 0. The van der Waals surface area contributed by atoms with E-state index in [9.17, 15) is 9.59 Å². The molecule has 0 saturated heterocycles. The molecule has 2 aromatic carbocycles. The molecule has 0 fully saturated rings. The second-order valence-corrected chi connectivity index (χ2v) is 5.22. The maximum Gasteiger partial charge on any atom is 0.326 e. The second kappa shape index (κ2) is 7.46. The smallest absolute Gasteiger partial charge is 0.326 e. The van der Waals surface area contributed by atoms with Crippen molar-refractivity contribution in [2.75, 3.05) is 13.2 Å². The van der Waals surface area contributed by atoms with E-state index in [2.05, 4.69) is 0 Å². The number of hydrogen-bond acceptors (Lipinski definition) is 4. The number of carbonyl (C=O) groups is 1. The molecule has 0 N–H and O–H groups in total. The Morgan fingerprint density at radius 2 is 1.67 bits per heavy atom. The first-order chi connectivity index (χ1) is 11.7. The fourth-order valence-corrected chi connectivity index (χ4v) is 2.37. The van der Waals surface area contributed by atoms with Gasteiger partial charge in [-0.05, 0) is 29.7 Å². The van der Waals surface area contributed by atoms with E-state index in [1.807, 2.05) is 48.5 Å². The highest BCUT2D eigenvalue weighted by atomic mass is 16.6. The van der Waals surface area contributed by atoms with Crippen LogP contribution in [0.3, 0.4) is 0 Å². The number of fused-ring (bicyclic) bond motifs is 1. The molecule has 0 aliphatic rings. The van der Waals surface area contributed by atoms with E-state index in [0.29, 0.717) is 5.39 Å². The molecule has 0 amide bonds. The number of aromatic nitrogens is 1. The van der Waals surface area contributed by atoms with E-state index in [4.69, 9.17) is 9.47 Å². The van der Waals surface area contributed by atoms with Crippen LogP contribution in [0, 0.1) is 0 Å². The zero-order chi connectivity index (χ0) is 16.8. The molecule has 0 atom stereocenters. The largest absolute Gasteiger partial charge is 0.490 e. The fourth-order valence-electron chi connectivity index (χ4n) is 2.37. The molecule has 24 heavy (non-hydrogen) atoms. The third-order valence-electron chi connectivity index (χ3n) is 3.54. The number of hydrogen-bond donors (Lipinski definition) is 0. The van der Waals surface area contributed by atoms with E-state index in [1.54, 1.807) is 18.3 Å². The van der Waals surface area contributed by atoms with E-state index in [0.717, 1.165) is 11.1 Å². The Balaban J connectivity index is 1.53. The number of pyridine rings is 1. The molecule has 1 aromatic heterocycles. The number of benzene rings is 2. The van der Waals surface area contributed by atoms with Crippen LogP contribution in [0.2, 0.25) is 0 Å². The SMILES string of the molecule is O=C(Cn1ccc2ccccc2c1=O)OCCOc1ccccc1. The molecule has 0 radical (unpaired) electrons. The summed E-state index contributed by atoms with van der Waals surface area (Å²) < 4.78 is 11.9. The number of para-hydroxylation sites is 1. The van der Waals surface area contributed by atoms with Crippen LogP contribution in [0.4, 0.5) is 0 Å². The summed E-state index contributed by atoms with van der Waals surface area (Å²) in [5.41, 5.74) is -0.203. The molecule has 3 aromatic rings. The summed E-state index contributed by atoms with van der Waals surface area (Å²) in [4.78, 5) is 24.2. The normalized spacial score (nSPS) is 10.5. The van der Waals surface area contributed by atoms with E-state index in [-0.39, 0.29) is 25.3 Å². The molecule has 5 nitrogen and oxygen atoms in total. The quantitative estimate of drug-likeness (QED) is 0.517. The number of nitrogens with zero attached hydrogens (tertiary/aromatic N) is 1. The lowest BCUT2D eigenvalue weighted by Crippen LogP contribution is -2.25. The zero-order valence-electron chi connectivity index (χ0n) is 13.1. The van der Waals surface area contributed by atoms with Crippen molar-refractivity contribution >= 4 is 16.7 Å². The number of ether oxygens (including phenoxy) is 2. The van der Waals surface area contributed by atoms with Gasteiger partial charge in [0.15, 0.2) is 0 Å². The minimum atomic E-state index is -0.468. The molecule has 0 bridgehead atoms. The van der Waals surface area contributed by atoms with Crippen molar-refractivity contribution in [3.8, 4) is 5.75 Å². The zero-order valence-corrected chi connectivity index (χ0v) is 13.1. The monoisotopic (exact) mass is 323 g/mol. The summed E-state index contributed by atoms with van der Waals surface area (Å²) in [5, 5.41) is 1.43. The Bertz CT molecular complexity index is 887. The molecule has 3 rings (SSSR count). The van der Waals surface area contributed by atoms with Crippen LogP contribution < -0.4 is 10.3 Å². The molecule has 0 spiro atoms. The lowest BCUT2D eigenvalue weighted by Gasteiger charge is -2.09. The van der Waals surface area contributed by atoms with Crippen molar-refractivity contribution in [3.63, 3.8) is 0 Å². The van der Waals surface area contributed by atoms with Crippen molar-refractivity contribution < 1.29 is 14.3 Å². The Labute approximate surface area is 139 Å². The minimum absolute atomic E-state index is 0.116. The van der Waals surface area contributed by atoms with Gasteiger partial charge in [0.25, 0.3) is 5.56 Å². The average Bonchev–Trinajstić information content (AvgIpc) is 2.62. The highest BCUT2D eigenvalue weighted by Gasteiger charge is 2.08. The third-order valence-corrected chi connectivity index (χ3v) is 3.54. The van der Waals surface area contributed by atoms with Gasteiger partial charge in [0.05, 0.1) is 0 Å². The maximum atomic E-state index is 12.3. The molecule has 0 aliphatic carbocycles. The van der Waals surface area contributed by atoms with Crippen LogP contribution in [0.25, 0.3) is 10.8 Å². The van der Waals surface area contributed by atoms with Crippen molar-refractivity contribution in [3.05, 3.63) is 77.2 Å². The topological polar surface area (TPSA) is 57.5 Å². The molecule has 5 heteroatoms. The number of esters is 1. The van der Waals surface area contributed by atoms with E-state index < -0.39 is 5.97 Å². The van der Waals surface area contributed by atoms with Crippen LogP contribution in [0.15, 0.2) is 71.7 Å². The highest BCUT2D eigenvalue weighted by Crippen LogP contribution is 2.09. The van der Waals surface area contributed by atoms with Crippen LogP contribution in [0.1, 0.15) is 0 Å². The second-order valence-electron chi connectivity index (χ2n) is 5.22. The van der Waals surface area contributed by atoms with Gasteiger partial charge in [0, 0.05) is 11.6 Å². The molecular weight excluding hydrogens is 306 g/mol. The first kappa shape index (κ1) is 15.8. The van der Waals surface area contributed by atoms with Gasteiger partial charge in [-0.1, -0.05) is 36.4 Å². The van der Waals surface area contributed by atoms with Crippen molar-refractivity contribution in [1.82, 2.24) is 4.57 Å². The molecular formula is C19H17NO4. The third kappa shape index (κ3) is 3.81. The highest BCUT2D eigenvalue weighted by molar-refractivity contribution is 5.81. The molecule has 0 saturated carbocycles. The Hall–Kier alpha value is -3.08. The van der Waals surface area contributed by atoms with Gasteiger partial charge in [-0.2, -0.15) is 0 Å². The van der Waals surface area contributed by atoms with Gasteiger partial charge < -0.3 is 14.0 Å². The van der Waals surface area contributed by atoms with Gasteiger partial charge in [-0.15, -0.1) is 0 Å². The van der Waals surface area contributed by atoms with Gasteiger partial charge in [-0.3, -0.25) is 9.59 Å². The van der Waals surface area contributed by atoms with Crippen LogP contribution >= 0.6 is 0 Å². The van der Waals surface area contributed by atoms with Gasteiger partial charge >= 0.3 is 5.97 Å². The van der Waals surface area contributed by atoms with Crippen LogP contribution in [0.5, 0.6) is 5.75 Å².